The molecule has 0 spiro atoms. The largest absolute Gasteiger partial charge is 0.373 e. The lowest BCUT2D eigenvalue weighted by Crippen LogP contribution is -2.58. The summed E-state index contributed by atoms with van der Waals surface area (Å²) in [5.41, 5.74) is 1.42. The van der Waals surface area contributed by atoms with Gasteiger partial charge in [0.1, 0.15) is 0 Å². The second-order valence-corrected chi connectivity index (χ2v) is 9.30. The lowest BCUT2D eigenvalue weighted by molar-refractivity contribution is -0.0945. The van der Waals surface area contributed by atoms with Crippen molar-refractivity contribution in [3.05, 3.63) is 29.3 Å². The molecule has 0 amide bonds. The first kappa shape index (κ1) is 19.4. The Balaban J connectivity index is 2.11. The summed E-state index contributed by atoms with van der Waals surface area (Å²) in [6.45, 7) is 14.0. The Morgan fingerprint density at radius 2 is 1.79 bits per heavy atom. The second-order valence-electron chi connectivity index (χ2n) is 7.57. The van der Waals surface area contributed by atoms with Crippen LogP contribution >= 0.6 is 0 Å². The standard InChI is InChI=1S/C18H30N2O3S/c1-13-7-8-14(2)17(9-13)24(21,22)19-12-18(5,6)20-10-15(3)23-16(4)11-20/h7-9,15-16,19H,10-12H2,1-6H3. The number of aryl methyl sites for hydroxylation is 2. The molecule has 1 fully saturated rings. The van der Waals surface area contributed by atoms with Gasteiger partial charge >= 0.3 is 0 Å². The normalized spacial score (nSPS) is 23.4. The molecule has 1 aromatic rings. The molecule has 2 atom stereocenters. The van der Waals surface area contributed by atoms with Crippen molar-refractivity contribution in [2.75, 3.05) is 19.6 Å². The molecule has 136 valence electrons. The van der Waals surface area contributed by atoms with Crippen LogP contribution in [0.5, 0.6) is 0 Å². The molecule has 24 heavy (non-hydrogen) atoms. The van der Waals surface area contributed by atoms with E-state index in [0.717, 1.165) is 24.2 Å². The minimum absolute atomic E-state index is 0.156. The van der Waals surface area contributed by atoms with Gasteiger partial charge < -0.3 is 4.74 Å². The van der Waals surface area contributed by atoms with Crippen molar-refractivity contribution in [2.24, 2.45) is 0 Å². The molecule has 1 N–H and O–H groups in total. The highest BCUT2D eigenvalue weighted by molar-refractivity contribution is 7.89. The molecule has 0 saturated carbocycles. The third kappa shape index (κ3) is 4.57. The first-order chi connectivity index (χ1) is 11.0. The van der Waals surface area contributed by atoms with Crippen molar-refractivity contribution >= 4 is 10.0 Å². The number of ether oxygens (including phenoxy) is 1. The van der Waals surface area contributed by atoms with Crippen molar-refractivity contribution in [2.45, 2.75) is 64.2 Å². The maximum absolute atomic E-state index is 12.7. The molecule has 0 aromatic heterocycles. The van der Waals surface area contributed by atoms with Crippen LogP contribution in [0.4, 0.5) is 0 Å². The van der Waals surface area contributed by atoms with Gasteiger partial charge in [-0.3, -0.25) is 4.90 Å². The summed E-state index contributed by atoms with van der Waals surface area (Å²) in [6, 6.07) is 5.50. The summed E-state index contributed by atoms with van der Waals surface area (Å²) in [5.74, 6) is 0. The minimum Gasteiger partial charge on any atom is -0.373 e. The molecule has 0 radical (unpaired) electrons. The predicted octanol–water partition coefficient (Wildman–Crippen LogP) is 2.47. The minimum atomic E-state index is -3.52. The van der Waals surface area contributed by atoms with Crippen molar-refractivity contribution in [1.82, 2.24) is 9.62 Å². The zero-order valence-corrected chi connectivity index (χ0v) is 16.4. The molecular weight excluding hydrogens is 324 g/mol. The lowest BCUT2D eigenvalue weighted by atomic mass is 10.0. The van der Waals surface area contributed by atoms with Crippen LogP contribution in [0.25, 0.3) is 0 Å². The van der Waals surface area contributed by atoms with Gasteiger partial charge in [-0.2, -0.15) is 0 Å². The smallest absolute Gasteiger partial charge is 0.240 e. The van der Waals surface area contributed by atoms with Crippen LogP contribution in [-0.2, 0) is 14.8 Å². The molecule has 1 aliphatic heterocycles. The van der Waals surface area contributed by atoms with Crippen LogP contribution in [0.3, 0.4) is 0 Å². The predicted molar refractivity (Wildman–Crippen MR) is 96.8 cm³/mol. The average Bonchev–Trinajstić information content (AvgIpc) is 2.47. The van der Waals surface area contributed by atoms with Crippen molar-refractivity contribution < 1.29 is 13.2 Å². The second kappa shape index (κ2) is 7.12. The van der Waals surface area contributed by atoms with E-state index in [4.69, 9.17) is 4.74 Å². The maximum atomic E-state index is 12.7. The summed E-state index contributed by atoms with van der Waals surface area (Å²) >= 11 is 0. The average molecular weight is 355 g/mol. The van der Waals surface area contributed by atoms with E-state index in [0.29, 0.717) is 11.4 Å². The van der Waals surface area contributed by atoms with Gasteiger partial charge in [0.15, 0.2) is 0 Å². The number of nitrogens with zero attached hydrogens (tertiary/aromatic N) is 1. The topological polar surface area (TPSA) is 58.6 Å². The summed E-state index contributed by atoms with van der Waals surface area (Å²) in [6.07, 6.45) is 0.312. The first-order valence-corrected chi connectivity index (χ1v) is 9.97. The van der Waals surface area contributed by atoms with Crippen molar-refractivity contribution in [3.8, 4) is 0 Å². The summed E-state index contributed by atoms with van der Waals surface area (Å²) in [4.78, 5) is 2.67. The third-order valence-corrected chi connectivity index (χ3v) is 6.15. The molecule has 0 aliphatic carbocycles. The van der Waals surface area contributed by atoms with Gasteiger partial charge in [-0.25, -0.2) is 13.1 Å². The van der Waals surface area contributed by atoms with Gasteiger partial charge in [0.2, 0.25) is 10.0 Å². The van der Waals surface area contributed by atoms with Gasteiger partial charge in [0.05, 0.1) is 17.1 Å². The number of nitrogens with one attached hydrogen (secondary N) is 1. The maximum Gasteiger partial charge on any atom is 0.240 e. The lowest BCUT2D eigenvalue weighted by Gasteiger charge is -2.45. The number of sulfonamides is 1. The van der Waals surface area contributed by atoms with E-state index >= 15 is 0 Å². The van der Waals surface area contributed by atoms with E-state index in [2.05, 4.69) is 37.3 Å². The van der Waals surface area contributed by atoms with Crippen molar-refractivity contribution in [3.63, 3.8) is 0 Å². The highest BCUT2D eigenvalue weighted by atomic mass is 32.2. The fourth-order valence-corrected chi connectivity index (χ4v) is 4.66. The summed E-state index contributed by atoms with van der Waals surface area (Å²) in [5, 5.41) is 0. The SMILES string of the molecule is Cc1ccc(C)c(S(=O)(=O)NCC(C)(C)N2CC(C)OC(C)C2)c1. The molecule has 1 aliphatic rings. The summed E-state index contributed by atoms with van der Waals surface area (Å²) in [7, 11) is -3.52. The monoisotopic (exact) mass is 354 g/mol. The molecular formula is C18H30N2O3S. The Labute approximate surface area is 146 Å². The van der Waals surface area contributed by atoms with Crippen LogP contribution in [-0.4, -0.2) is 50.7 Å². The highest BCUT2D eigenvalue weighted by Crippen LogP contribution is 2.22. The zero-order valence-electron chi connectivity index (χ0n) is 15.6. The molecule has 1 saturated heterocycles. The van der Waals surface area contributed by atoms with Crippen LogP contribution in [0, 0.1) is 13.8 Å². The molecule has 1 aromatic carbocycles. The van der Waals surface area contributed by atoms with E-state index in [1.807, 2.05) is 26.0 Å². The summed E-state index contributed by atoms with van der Waals surface area (Å²) < 4.78 is 34.0. The van der Waals surface area contributed by atoms with Gasteiger partial charge in [-0.05, 0) is 58.7 Å². The third-order valence-electron chi connectivity index (χ3n) is 4.60. The van der Waals surface area contributed by atoms with Crippen LogP contribution in [0.15, 0.2) is 23.1 Å². The van der Waals surface area contributed by atoms with Crippen molar-refractivity contribution in [1.29, 1.82) is 0 Å². The fraction of sp³-hybridized carbons (Fsp3) is 0.667. The van der Waals surface area contributed by atoms with Crippen LogP contribution in [0.2, 0.25) is 0 Å². The Kier molecular flexibility index (Phi) is 5.75. The Hall–Kier alpha value is -0.950. The van der Waals surface area contributed by atoms with Gasteiger partial charge in [0.25, 0.3) is 0 Å². The Morgan fingerprint density at radius 3 is 2.38 bits per heavy atom. The van der Waals surface area contributed by atoms with Gasteiger partial charge in [-0.1, -0.05) is 12.1 Å². The molecule has 2 unspecified atom stereocenters. The van der Waals surface area contributed by atoms with E-state index in [1.54, 1.807) is 6.07 Å². The molecule has 5 nitrogen and oxygen atoms in total. The van der Waals surface area contributed by atoms with E-state index in [1.165, 1.54) is 0 Å². The molecule has 1 heterocycles. The first-order valence-electron chi connectivity index (χ1n) is 8.49. The Morgan fingerprint density at radius 1 is 1.21 bits per heavy atom. The van der Waals surface area contributed by atoms with Gasteiger partial charge in [0, 0.05) is 25.2 Å². The van der Waals surface area contributed by atoms with E-state index in [-0.39, 0.29) is 17.7 Å². The Bertz CT molecular complexity index is 676. The number of hydrogen-bond donors (Lipinski definition) is 1. The fourth-order valence-electron chi connectivity index (χ4n) is 3.13. The van der Waals surface area contributed by atoms with E-state index in [9.17, 15) is 8.42 Å². The van der Waals surface area contributed by atoms with Crippen LogP contribution < -0.4 is 4.72 Å². The highest BCUT2D eigenvalue weighted by Gasteiger charge is 2.34. The van der Waals surface area contributed by atoms with Crippen LogP contribution in [0.1, 0.15) is 38.8 Å². The molecule has 0 bridgehead atoms. The number of rotatable bonds is 5. The molecule has 6 heteroatoms. The number of morpholine rings is 1. The van der Waals surface area contributed by atoms with E-state index < -0.39 is 10.0 Å². The molecule has 2 rings (SSSR count). The zero-order chi connectivity index (χ0) is 18.1. The van der Waals surface area contributed by atoms with Gasteiger partial charge in [-0.15, -0.1) is 0 Å². The quantitative estimate of drug-likeness (QED) is 0.882. The number of hydrogen-bond acceptors (Lipinski definition) is 4. The number of benzene rings is 1.